The van der Waals surface area contributed by atoms with Crippen LogP contribution in [0.2, 0.25) is 0 Å². The van der Waals surface area contributed by atoms with Gasteiger partial charge in [0.1, 0.15) is 5.82 Å². The second-order valence-electron chi connectivity index (χ2n) is 6.78. The Morgan fingerprint density at radius 2 is 1.81 bits per heavy atom. The van der Waals surface area contributed by atoms with Crippen molar-refractivity contribution in [3.05, 3.63) is 71.2 Å². The summed E-state index contributed by atoms with van der Waals surface area (Å²) >= 11 is 0. The Bertz CT molecular complexity index is 931. The van der Waals surface area contributed by atoms with E-state index in [9.17, 15) is 22.7 Å². The van der Waals surface area contributed by atoms with Gasteiger partial charge in [-0.25, -0.2) is 4.39 Å². The van der Waals surface area contributed by atoms with E-state index in [1.165, 1.54) is 31.2 Å². The van der Waals surface area contributed by atoms with Crippen LogP contribution in [0, 0.1) is 5.82 Å². The first-order valence-electron chi connectivity index (χ1n) is 8.53. The zero-order chi connectivity index (χ0) is 19.7. The Morgan fingerprint density at radius 1 is 1.07 bits per heavy atom. The van der Waals surface area contributed by atoms with Crippen LogP contribution in [0.3, 0.4) is 0 Å². The molecule has 1 unspecified atom stereocenters. The number of hydrogen-bond donors (Lipinski definition) is 3. The van der Waals surface area contributed by atoms with Crippen molar-refractivity contribution >= 4 is 10.9 Å². The number of halogens is 4. The molecule has 144 valence electrons. The van der Waals surface area contributed by atoms with Gasteiger partial charge in [0.05, 0.1) is 11.2 Å². The normalized spacial score (nSPS) is 14.4. The number of aromatic nitrogens is 1. The summed E-state index contributed by atoms with van der Waals surface area (Å²) in [6, 6.07) is 9.23. The molecular weight excluding hydrogens is 360 g/mol. The molecule has 3 aromatic rings. The predicted octanol–water partition coefficient (Wildman–Crippen LogP) is 4.37. The molecule has 3 nitrogen and oxygen atoms in total. The zero-order valence-corrected chi connectivity index (χ0v) is 14.7. The molecule has 1 heterocycles. The third kappa shape index (κ3) is 4.48. The molecular formula is C20H20F4N2O. The van der Waals surface area contributed by atoms with Crippen molar-refractivity contribution in [2.75, 3.05) is 13.1 Å². The first kappa shape index (κ1) is 19.4. The number of fused-ring (bicyclic) bond motifs is 1. The summed E-state index contributed by atoms with van der Waals surface area (Å²) < 4.78 is 51.8. The lowest BCUT2D eigenvalue weighted by atomic mass is 9.94. The van der Waals surface area contributed by atoms with Gasteiger partial charge in [-0.05, 0) is 61.3 Å². The maximum Gasteiger partial charge on any atom is 0.416 e. The van der Waals surface area contributed by atoms with Crippen molar-refractivity contribution in [1.29, 1.82) is 0 Å². The van der Waals surface area contributed by atoms with Gasteiger partial charge in [0.2, 0.25) is 0 Å². The SMILES string of the molecule is CC(O)(CNCCc1c[nH]c2cc(F)ccc12)c1cccc(C(F)(F)F)c1. The molecule has 0 fully saturated rings. The van der Waals surface area contributed by atoms with Gasteiger partial charge in [-0.2, -0.15) is 13.2 Å². The molecule has 3 rings (SSSR count). The topological polar surface area (TPSA) is 48.0 Å². The molecule has 1 atom stereocenters. The lowest BCUT2D eigenvalue weighted by Gasteiger charge is -2.25. The molecule has 0 amide bonds. The minimum Gasteiger partial charge on any atom is -0.384 e. The summed E-state index contributed by atoms with van der Waals surface area (Å²) in [6.07, 6.45) is -2.02. The highest BCUT2D eigenvalue weighted by Gasteiger charge is 2.32. The number of benzene rings is 2. The minimum absolute atomic E-state index is 0.102. The molecule has 0 bridgehead atoms. The van der Waals surface area contributed by atoms with E-state index in [1.54, 1.807) is 12.3 Å². The molecule has 0 radical (unpaired) electrons. The van der Waals surface area contributed by atoms with E-state index in [2.05, 4.69) is 10.3 Å². The summed E-state index contributed by atoms with van der Waals surface area (Å²) in [7, 11) is 0. The highest BCUT2D eigenvalue weighted by atomic mass is 19.4. The van der Waals surface area contributed by atoms with Gasteiger partial charge in [-0.1, -0.05) is 12.1 Å². The number of alkyl halides is 3. The van der Waals surface area contributed by atoms with E-state index in [1.807, 2.05) is 0 Å². The average Bonchev–Trinajstić information content (AvgIpc) is 3.00. The van der Waals surface area contributed by atoms with Gasteiger partial charge >= 0.3 is 6.18 Å². The molecule has 3 N–H and O–H groups in total. The fourth-order valence-corrected chi connectivity index (χ4v) is 3.05. The van der Waals surface area contributed by atoms with E-state index in [0.717, 1.165) is 23.1 Å². The Hall–Kier alpha value is -2.38. The van der Waals surface area contributed by atoms with Gasteiger partial charge in [0, 0.05) is 23.6 Å². The summed E-state index contributed by atoms with van der Waals surface area (Å²) in [5, 5.41) is 14.6. The van der Waals surface area contributed by atoms with Crippen LogP contribution in [-0.2, 0) is 18.2 Å². The van der Waals surface area contributed by atoms with Gasteiger partial charge in [-0.15, -0.1) is 0 Å². The third-order valence-corrected chi connectivity index (χ3v) is 4.58. The lowest BCUT2D eigenvalue weighted by molar-refractivity contribution is -0.137. The molecule has 0 aliphatic rings. The third-order valence-electron chi connectivity index (χ3n) is 4.58. The molecule has 7 heteroatoms. The van der Waals surface area contributed by atoms with Crippen LogP contribution in [0.25, 0.3) is 10.9 Å². The molecule has 0 saturated carbocycles. The van der Waals surface area contributed by atoms with Crippen molar-refractivity contribution in [3.63, 3.8) is 0 Å². The number of H-pyrrole nitrogens is 1. The van der Waals surface area contributed by atoms with E-state index in [0.29, 0.717) is 18.5 Å². The highest BCUT2D eigenvalue weighted by Crippen LogP contribution is 2.32. The number of aliphatic hydroxyl groups is 1. The maximum atomic E-state index is 13.2. The quantitative estimate of drug-likeness (QED) is 0.439. The standard InChI is InChI=1S/C20H20F4N2O/c1-19(27,14-3-2-4-15(9-14)20(22,23)24)12-25-8-7-13-11-26-18-10-16(21)5-6-17(13)18/h2-6,9-11,25-27H,7-8,12H2,1H3. The van der Waals surface area contributed by atoms with Crippen molar-refractivity contribution in [3.8, 4) is 0 Å². The Balaban J connectivity index is 1.60. The lowest BCUT2D eigenvalue weighted by Crippen LogP contribution is -2.36. The first-order chi connectivity index (χ1) is 12.7. The fraction of sp³-hybridized carbons (Fsp3) is 0.300. The fourth-order valence-electron chi connectivity index (χ4n) is 3.05. The van der Waals surface area contributed by atoms with Crippen LogP contribution in [0.4, 0.5) is 17.6 Å². The van der Waals surface area contributed by atoms with Crippen molar-refractivity contribution in [2.24, 2.45) is 0 Å². The van der Waals surface area contributed by atoms with Gasteiger partial charge in [0.25, 0.3) is 0 Å². The Labute approximate surface area is 154 Å². The first-order valence-corrected chi connectivity index (χ1v) is 8.53. The van der Waals surface area contributed by atoms with Crippen LogP contribution < -0.4 is 5.32 Å². The van der Waals surface area contributed by atoms with Gasteiger partial charge in [0.15, 0.2) is 0 Å². The smallest absolute Gasteiger partial charge is 0.384 e. The highest BCUT2D eigenvalue weighted by molar-refractivity contribution is 5.83. The summed E-state index contributed by atoms with van der Waals surface area (Å²) in [5.41, 5.74) is -0.319. The number of aromatic amines is 1. The van der Waals surface area contributed by atoms with E-state index >= 15 is 0 Å². The maximum absolute atomic E-state index is 13.2. The van der Waals surface area contributed by atoms with Gasteiger partial charge < -0.3 is 15.4 Å². The monoisotopic (exact) mass is 380 g/mol. The summed E-state index contributed by atoms with van der Waals surface area (Å²) in [4.78, 5) is 3.01. The van der Waals surface area contributed by atoms with Gasteiger partial charge in [-0.3, -0.25) is 0 Å². The van der Waals surface area contributed by atoms with Crippen LogP contribution in [0.5, 0.6) is 0 Å². The number of hydrogen-bond acceptors (Lipinski definition) is 2. The molecule has 27 heavy (non-hydrogen) atoms. The Kier molecular flexibility index (Phi) is 5.26. The van der Waals surface area contributed by atoms with Crippen LogP contribution in [-0.4, -0.2) is 23.2 Å². The average molecular weight is 380 g/mol. The minimum atomic E-state index is -4.45. The molecule has 1 aromatic heterocycles. The number of nitrogens with one attached hydrogen (secondary N) is 2. The molecule has 0 aliphatic heterocycles. The molecule has 0 aliphatic carbocycles. The Morgan fingerprint density at radius 3 is 2.56 bits per heavy atom. The van der Waals surface area contributed by atoms with E-state index < -0.39 is 17.3 Å². The van der Waals surface area contributed by atoms with E-state index in [4.69, 9.17) is 0 Å². The second kappa shape index (κ2) is 7.32. The van der Waals surface area contributed by atoms with Crippen molar-refractivity contribution in [2.45, 2.75) is 25.1 Å². The van der Waals surface area contributed by atoms with E-state index in [-0.39, 0.29) is 17.9 Å². The zero-order valence-electron chi connectivity index (χ0n) is 14.7. The number of rotatable bonds is 6. The van der Waals surface area contributed by atoms with Crippen LogP contribution in [0.1, 0.15) is 23.6 Å². The second-order valence-corrected chi connectivity index (χ2v) is 6.78. The van der Waals surface area contributed by atoms with Crippen molar-refractivity contribution in [1.82, 2.24) is 10.3 Å². The summed E-state index contributed by atoms with van der Waals surface area (Å²) in [5.74, 6) is -0.314. The van der Waals surface area contributed by atoms with Crippen molar-refractivity contribution < 1.29 is 22.7 Å². The molecule has 2 aromatic carbocycles. The predicted molar refractivity (Wildman–Crippen MR) is 95.8 cm³/mol. The summed E-state index contributed by atoms with van der Waals surface area (Å²) in [6.45, 7) is 2.09. The molecule has 0 spiro atoms. The van der Waals surface area contributed by atoms with Crippen LogP contribution in [0.15, 0.2) is 48.7 Å². The molecule has 0 saturated heterocycles. The van der Waals surface area contributed by atoms with Crippen LogP contribution >= 0.6 is 0 Å². The largest absolute Gasteiger partial charge is 0.416 e.